The number of carbonyl (C=O) groups excluding carboxylic acids is 2. The third-order valence-electron chi connectivity index (χ3n) is 6.34. The first-order valence-electron chi connectivity index (χ1n) is 13.6. The SMILES string of the molecule is CCCNC(=O)CN(C)C(=O)c1ccc(N2CCNCC2)c(NS(=O)(=O)c2ccc(C(C)C)cc2)c1.O=C(O)C(F)(F)F. The molecule has 0 bridgehead atoms. The van der Waals surface area contributed by atoms with E-state index in [4.69, 9.17) is 9.90 Å². The summed E-state index contributed by atoms with van der Waals surface area (Å²) in [4.78, 5) is 37.6. The molecule has 0 radical (unpaired) electrons. The number of benzene rings is 2. The second-order valence-corrected chi connectivity index (χ2v) is 11.8. The minimum absolute atomic E-state index is 0.0817. The molecule has 0 spiro atoms. The number of rotatable bonds is 10. The normalized spacial score (nSPS) is 13.5. The maximum atomic E-state index is 13.3. The number of carboxylic acid groups (broad SMARTS) is 1. The van der Waals surface area contributed by atoms with Crippen LogP contribution in [-0.4, -0.2) is 88.7 Å². The van der Waals surface area contributed by atoms with Gasteiger partial charge in [0, 0.05) is 45.3 Å². The minimum Gasteiger partial charge on any atom is -0.475 e. The molecule has 3 rings (SSSR count). The molecule has 1 aliphatic rings. The van der Waals surface area contributed by atoms with E-state index in [1.807, 2.05) is 19.1 Å². The molecule has 4 N–H and O–H groups in total. The lowest BCUT2D eigenvalue weighted by molar-refractivity contribution is -0.192. The van der Waals surface area contributed by atoms with Crippen molar-refractivity contribution in [1.29, 1.82) is 0 Å². The lowest BCUT2D eigenvalue weighted by Crippen LogP contribution is -2.44. The van der Waals surface area contributed by atoms with Gasteiger partial charge in [-0.25, -0.2) is 13.2 Å². The van der Waals surface area contributed by atoms with Crippen molar-refractivity contribution in [2.24, 2.45) is 0 Å². The van der Waals surface area contributed by atoms with E-state index in [1.54, 1.807) is 37.4 Å². The smallest absolute Gasteiger partial charge is 0.475 e. The second kappa shape index (κ2) is 15.6. The van der Waals surface area contributed by atoms with E-state index in [0.717, 1.165) is 25.1 Å². The van der Waals surface area contributed by atoms with Crippen LogP contribution in [0, 0.1) is 0 Å². The van der Waals surface area contributed by atoms with Crippen molar-refractivity contribution in [3.63, 3.8) is 0 Å². The Labute approximate surface area is 249 Å². The molecule has 2 amide bonds. The zero-order chi connectivity index (χ0) is 32.4. The van der Waals surface area contributed by atoms with Crippen molar-refractivity contribution >= 4 is 39.2 Å². The quantitative estimate of drug-likeness (QED) is 0.313. The van der Waals surface area contributed by atoms with Gasteiger partial charge in [-0.2, -0.15) is 13.2 Å². The maximum absolute atomic E-state index is 13.3. The third kappa shape index (κ3) is 10.7. The summed E-state index contributed by atoms with van der Waals surface area (Å²) < 4.78 is 61.0. The molecule has 0 aliphatic carbocycles. The molecule has 2 aromatic carbocycles. The summed E-state index contributed by atoms with van der Waals surface area (Å²) in [5, 5.41) is 13.2. The van der Waals surface area contributed by atoms with Gasteiger partial charge >= 0.3 is 12.1 Å². The van der Waals surface area contributed by atoms with E-state index >= 15 is 0 Å². The number of carboxylic acids is 1. The standard InChI is InChI=1S/C26H37N5O4S.C2HF3O2/c1-5-12-28-25(32)18-30(4)26(33)21-8-11-24(31-15-13-27-14-16-31)23(17-21)29-36(34,35)22-9-6-20(7-10-22)19(2)3;3-2(4,5)1(6)7/h6-11,17,19,27,29H,5,12-16,18H2,1-4H3,(H,28,32);(H,6,7). The predicted octanol–water partition coefficient (Wildman–Crippen LogP) is 3.25. The number of hydrogen-bond donors (Lipinski definition) is 4. The van der Waals surface area contributed by atoms with Gasteiger partial charge in [-0.05, 0) is 48.2 Å². The zero-order valence-electron chi connectivity index (χ0n) is 24.5. The molecular weight excluding hydrogens is 591 g/mol. The van der Waals surface area contributed by atoms with Crippen molar-refractivity contribution < 1.29 is 41.1 Å². The molecule has 2 aromatic rings. The van der Waals surface area contributed by atoms with Crippen molar-refractivity contribution in [2.45, 2.75) is 44.2 Å². The number of nitrogens with one attached hydrogen (secondary N) is 3. The van der Waals surface area contributed by atoms with Crippen LogP contribution >= 0.6 is 0 Å². The second-order valence-electron chi connectivity index (χ2n) is 10.1. The molecule has 238 valence electrons. The van der Waals surface area contributed by atoms with Crippen LogP contribution in [0.4, 0.5) is 24.5 Å². The fourth-order valence-electron chi connectivity index (χ4n) is 4.00. The Morgan fingerprint density at radius 3 is 2.16 bits per heavy atom. The molecule has 1 saturated heterocycles. The van der Waals surface area contributed by atoms with Gasteiger partial charge in [0.25, 0.3) is 15.9 Å². The van der Waals surface area contributed by atoms with Crippen LogP contribution < -0.4 is 20.3 Å². The number of carbonyl (C=O) groups is 3. The fourth-order valence-corrected chi connectivity index (χ4v) is 5.06. The number of amides is 2. The van der Waals surface area contributed by atoms with Crippen molar-refractivity contribution in [3.8, 4) is 0 Å². The number of alkyl halides is 3. The lowest BCUT2D eigenvalue weighted by Gasteiger charge is -2.31. The molecule has 43 heavy (non-hydrogen) atoms. The molecule has 1 aliphatic heterocycles. The van der Waals surface area contributed by atoms with E-state index in [2.05, 4.69) is 34.1 Å². The van der Waals surface area contributed by atoms with Crippen molar-refractivity contribution in [3.05, 3.63) is 53.6 Å². The Hall–Kier alpha value is -3.85. The molecule has 11 nitrogen and oxygen atoms in total. The van der Waals surface area contributed by atoms with Crippen LogP contribution in [0.1, 0.15) is 49.0 Å². The Balaban J connectivity index is 0.000000821. The summed E-state index contributed by atoms with van der Waals surface area (Å²) in [7, 11) is -2.34. The Morgan fingerprint density at radius 2 is 1.65 bits per heavy atom. The number of halogens is 3. The largest absolute Gasteiger partial charge is 0.490 e. The molecular formula is C28H38F3N5O6S. The number of likely N-dealkylation sites (N-methyl/N-ethyl adjacent to an activating group) is 1. The van der Waals surface area contributed by atoms with Crippen LogP contribution in [-0.2, 0) is 19.6 Å². The van der Waals surface area contributed by atoms with Gasteiger partial charge in [-0.1, -0.05) is 32.9 Å². The van der Waals surface area contributed by atoms with Crippen LogP contribution in [0.25, 0.3) is 0 Å². The van der Waals surface area contributed by atoms with Gasteiger partial charge < -0.3 is 25.5 Å². The highest BCUT2D eigenvalue weighted by Crippen LogP contribution is 2.31. The topological polar surface area (TPSA) is 148 Å². The summed E-state index contributed by atoms with van der Waals surface area (Å²) in [6, 6.07) is 11.8. The molecule has 15 heteroatoms. The van der Waals surface area contributed by atoms with Crippen LogP contribution in [0.2, 0.25) is 0 Å². The summed E-state index contributed by atoms with van der Waals surface area (Å²) in [5.74, 6) is -3.07. The zero-order valence-corrected chi connectivity index (χ0v) is 25.3. The van der Waals surface area contributed by atoms with Gasteiger partial charge in [0.15, 0.2) is 0 Å². The molecule has 0 aromatic heterocycles. The number of piperazine rings is 1. The van der Waals surface area contributed by atoms with Gasteiger partial charge in [0.05, 0.1) is 22.8 Å². The van der Waals surface area contributed by atoms with Crippen molar-refractivity contribution in [1.82, 2.24) is 15.5 Å². The van der Waals surface area contributed by atoms with E-state index < -0.39 is 22.2 Å². The number of nitrogens with zero attached hydrogens (tertiary/aromatic N) is 2. The lowest BCUT2D eigenvalue weighted by atomic mass is 10.0. The highest BCUT2D eigenvalue weighted by atomic mass is 32.2. The minimum atomic E-state index is -5.08. The maximum Gasteiger partial charge on any atom is 0.490 e. The van der Waals surface area contributed by atoms with E-state index in [-0.39, 0.29) is 29.2 Å². The average Bonchev–Trinajstić information content (AvgIpc) is 2.95. The van der Waals surface area contributed by atoms with Crippen molar-refractivity contribution in [2.75, 3.05) is 55.9 Å². The highest BCUT2D eigenvalue weighted by Gasteiger charge is 2.38. The first-order valence-corrected chi connectivity index (χ1v) is 15.1. The van der Waals surface area contributed by atoms with E-state index in [0.29, 0.717) is 36.6 Å². The summed E-state index contributed by atoms with van der Waals surface area (Å²) in [5.41, 5.74) is 2.39. The molecule has 1 heterocycles. The Bertz CT molecular complexity index is 1360. The van der Waals surface area contributed by atoms with Crippen LogP contribution in [0.3, 0.4) is 0 Å². The first-order chi connectivity index (χ1) is 20.1. The third-order valence-corrected chi connectivity index (χ3v) is 7.73. The Morgan fingerprint density at radius 1 is 1.07 bits per heavy atom. The molecule has 0 saturated carbocycles. The molecule has 1 fully saturated rings. The monoisotopic (exact) mass is 629 g/mol. The predicted molar refractivity (Wildman–Crippen MR) is 157 cm³/mol. The number of anilines is 2. The molecule has 0 unspecified atom stereocenters. The summed E-state index contributed by atoms with van der Waals surface area (Å²) in [6.45, 7) is 9.49. The van der Waals surface area contributed by atoms with Gasteiger partial charge in [-0.15, -0.1) is 0 Å². The number of hydrogen-bond acceptors (Lipinski definition) is 7. The van der Waals surface area contributed by atoms with Gasteiger partial charge in [0.1, 0.15) is 0 Å². The number of sulfonamides is 1. The van der Waals surface area contributed by atoms with Crippen LogP contribution in [0.15, 0.2) is 47.4 Å². The molecule has 0 atom stereocenters. The van der Waals surface area contributed by atoms with Gasteiger partial charge in [-0.3, -0.25) is 14.3 Å². The van der Waals surface area contributed by atoms with E-state index in [1.165, 1.54) is 4.90 Å². The summed E-state index contributed by atoms with van der Waals surface area (Å²) in [6.07, 6.45) is -4.28. The Kier molecular flexibility index (Phi) is 12.8. The van der Waals surface area contributed by atoms with E-state index in [9.17, 15) is 31.2 Å². The summed E-state index contributed by atoms with van der Waals surface area (Å²) >= 11 is 0. The first kappa shape index (κ1) is 35.3. The fraction of sp³-hybridized carbons (Fsp3) is 0.464. The average molecular weight is 630 g/mol. The number of aliphatic carboxylic acids is 1. The van der Waals surface area contributed by atoms with Gasteiger partial charge in [0.2, 0.25) is 5.91 Å². The highest BCUT2D eigenvalue weighted by molar-refractivity contribution is 7.92. The van der Waals surface area contributed by atoms with Crippen LogP contribution in [0.5, 0.6) is 0 Å².